The number of aldehydes is 1. The number of aromatic nitrogens is 1. The Labute approximate surface area is 104 Å². The summed E-state index contributed by atoms with van der Waals surface area (Å²) in [7, 11) is 1.27. The lowest BCUT2D eigenvalue weighted by molar-refractivity contribution is 0.0587. The van der Waals surface area contributed by atoms with E-state index in [4.69, 9.17) is 11.2 Å². The van der Waals surface area contributed by atoms with Gasteiger partial charge in [0.05, 0.1) is 24.7 Å². The molecule has 4 nitrogen and oxygen atoms in total. The Bertz CT molecular complexity index is 661. The van der Waals surface area contributed by atoms with E-state index in [1.807, 2.05) is 12.1 Å². The molecule has 2 aromatic rings. The van der Waals surface area contributed by atoms with Crippen molar-refractivity contribution >= 4 is 23.2 Å². The highest BCUT2D eigenvalue weighted by molar-refractivity contribution is 6.08. The summed E-state index contributed by atoms with van der Waals surface area (Å²) in [5.74, 6) is 1.91. The van der Waals surface area contributed by atoms with E-state index in [1.54, 1.807) is 16.7 Å². The van der Waals surface area contributed by atoms with Crippen LogP contribution >= 0.6 is 0 Å². The third-order valence-corrected chi connectivity index (χ3v) is 2.76. The van der Waals surface area contributed by atoms with Gasteiger partial charge in [0, 0.05) is 5.39 Å². The van der Waals surface area contributed by atoms with E-state index in [1.165, 1.54) is 7.11 Å². The van der Waals surface area contributed by atoms with Crippen molar-refractivity contribution in [2.24, 2.45) is 0 Å². The lowest BCUT2D eigenvalue weighted by Gasteiger charge is -2.05. The first-order chi connectivity index (χ1) is 8.74. The molecular weight excluding hydrogens is 230 g/mol. The second-order valence-corrected chi connectivity index (χ2v) is 3.68. The van der Waals surface area contributed by atoms with Crippen molar-refractivity contribution in [2.45, 2.75) is 6.54 Å². The molecule has 18 heavy (non-hydrogen) atoms. The number of nitrogens with zero attached hydrogens (tertiary/aromatic N) is 1. The lowest BCUT2D eigenvalue weighted by atomic mass is 10.1. The van der Waals surface area contributed by atoms with Gasteiger partial charge in [-0.2, -0.15) is 0 Å². The van der Waals surface area contributed by atoms with Gasteiger partial charge in [-0.25, -0.2) is 4.79 Å². The van der Waals surface area contributed by atoms with Crippen molar-refractivity contribution in [3.63, 3.8) is 0 Å². The van der Waals surface area contributed by atoms with Gasteiger partial charge in [0.25, 0.3) is 0 Å². The summed E-state index contributed by atoms with van der Waals surface area (Å²) in [5, 5.41) is 0.697. The third kappa shape index (κ3) is 1.66. The monoisotopic (exact) mass is 241 g/mol. The molecule has 0 atom stereocenters. The van der Waals surface area contributed by atoms with Crippen LogP contribution in [0.2, 0.25) is 0 Å². The summed E-state index contributed by atoms with van der Waals surface area (Å²) < 4.78 is 6.32. The average molecular weight is 241 g/mol. The smallest absolute Gasteiger partial charge is 0.355 e. The summed E-state index contributed by atoms with van der Waals surface area (Å²) in [6.45, 7) is 0.207. The number of esters is 1. The third-order valence-electron chi connectivity index (χ3n) is 2.76. The van der Waals surface area contributed by atoms with E-state index in [2.05, 4.69) is 5.92 Å². The fraction of sp³-hybridized carbons (Fsp3) is 0.143. The molecular formula is C14H11NO3. The SMILES string of the molecule is C#CCn1c(C(=O)OC)c(C=O)c2ccccc21. The summed E-state index contributed by atoms with van der Waals surface area (Å²) in [6, 6.07) is 7.21. The van der Waals surface area contributed by atoms with Crippen molar-refractivity contribution in [3.8, 4) is 12.3 Å². The largest absolute Gasteiger partial charge is 0.464 e. The van der Waals surface area contributed by atoms with Crippen LogP contribution in [-0.4, -0.2) is 23.9 Å². The molecule has 1 aromatic heterocycles. The van der Waals surface area contributed by atoms with Gasteiger partial charge in [0.15, 0.2) is 6.29 Å². The Balaban J connectivity index is 2.87. The van der Waals surface area contributed by atoms with Gasteiger partial charge in [-0.15, -0.1) is 6.42 Å². The molecule has 0 aliphatic heterocycles. The molecule has 0 N–H and O–H groups in total. The number of benzene rings is 1. The second-order valence-electron chi connectivity index (χ2n) is 3.68. The molecule has 0 fully saturated rings. The lowest BCUT2D eigenvalue weighted by Crippen LogP contribution is -2.12. The van der Waals surface area contributed by atoms with Crippen molar-refractivity contribution in [1.82, 2.24) is 4.57 Å². The van der Waals surface area contributed by atoms with Gasteiger partial charge in [0.2, 0.25) is 0 Å². The van der Waals surface area contributed by atoms with Crippen molar-refractivity contribution in [2.75, 3.05) is 7.11 Å². The Morgan fingerprint density at radius 1 is 1.50 bits per heavy atom. The predicted molar refractivity (Wildman–Crippen MR) is 67.5 cm³/mol. The van der Waals surface area contributed by atoms with Crippen molar-refractivity contribution in [3.05, 3.63) is 35.5 Å². The summed E-state index contributed by atoms with van der Waals surface area (Å²) >= 11 is 0. The zero-order chi connectivity index (χ0) is 13.1. The number of terminal acetylenes is 1. The maximum atomic E-state index is 11.8. The minimum Gasteiger partial charge on any atom is -0.464 e. The van der Waals surface area contributed by atoms with Gasteiger partial charge in [-0.3, -0.25) is 4.79 Å². The first-order valence-corrected chi connectivity index (χ1v) is 5.32. The van der Waals surface area contributed by atoms with Crippen molar-refractivity contribution in [1.29, 1.82) is 0 Å². The van der Waals surface area contributed by atoms with Crippen LogP contribution in [0.1, 0.15) is 20.8 Å². The van der Waals surface area contributed by atoms with Crippen LogP contribution in [0.25, 0.3) is 10.9 Å². The molecule has 1 heterocycles. The highest BCUT2D eigenvalue weighted by atomic mass is 16.5. The van der Waals surface area contributed by atoms with Crippen LogP contribution in [0.5, 0.6) is 0 Å². The number of carbonyl (C=O) groups excluding carboxylic acids is 2. The molecule has 0 radical (unpaired) electrons. The molecule has 0 amide bonds. The summed E-state index contributed by atoms with van der Waals surface area (Å²) in [6.07, 6.45) is 5.96. The highest BCUT2D eigenvalue weighted by Crippen LogP contribution is 2.25. The van der Waals surface area contributed by atoms with E-state index in [0.717, 1.165) is 5.52 Å². The molecule has 1 aromatic carbocycles. The number of para-hydroxylation sites is 1. The van der Waals surface area contributed by atoms with Gasteiger partial charge in [-0.1, -0.05) is 24.1 Å². The number of methoxy groups -OCH3 is 1. The standard InChI is InChI=1S/C14H11NO3/c1-3-8-15-12-7-5-4-6-10(12)11(9-16)13(15)14(17)18-2/h1,4-7,9H,8H2,2H3. The summed E-state index contributed by atoms with van der Waals surface area (Å²) in [5.41, 5.74) is 1.26. The van der Waals surface area contributed by atoms with Crippen LogP contribution in [0, 0.1) is 12.3 Å². The van der Waals surface area contributed by atoms with Crippen LogP contribution in [-0.2, 0) is 11.3 Å². The number of fused-ring (bicyclic) bond motifs is 1. The predicted octanol–water partition coefficient (Wildman–Crippen LogP) is 1.87. The van der Waals surface area contributed by atoms with Gasteiger partial charge < -0.3 is 9.30 Å². The molecule has 0 saturated heterocycles. The molecule has 0 saturated carbocycles. The van der Waals surface area contributed by atoms with E-state index in [-0.39, 0.29) is 12.2 Å². The quantitative estimate of drug-likeness (QED) is 0.468. The van der Waals surface area contributed by atoms with Gasteiger partial charge in [-0.05, 0) is 6.07 Å². The Morgan fingerprint density at radius 3 is 2.83 bits per heavy atom. The fourth-order valence-electron chi connectivity index (χ4n) is 2.02. The number of hydrogen-bond acceptors (Lipinski definition) is 3. The number of carbonyl (C=O) groups is 2. The zero-order valence-electron chi connectivity index (χ0n) is 9.84. The van der Waals surface area contributed by atoms with E-state index < -0.39 is 5.97 Å². The first-order valence-electron chi connectivity index (χ1n) is 5.32. The maximum Gasteiger partial charge on any atom is 0.355 e. The zero-order valence-corrected chi connectivity index (χ0v) is 9.84. The fourth-order valence-corrected chi connectivity index (χ4v) is 2.02. The highest BCUT2D eigenvalue weighted by Gasteiger charge is 2.22. The van der Waals surface area contributed by atoms with Crippen LogP contribution in [0.3, 0.4) is 0 Å². The molecule has 2 rings (SSSR count). The van der Waals surface area contributed by atoms with Crippen LogP contribution in [0.4, 0.5) is 0 Å². The van der Waals surface area contributed by atoms with E-state index >= 15 is 0 Å². The number of hydrogen-bond donors (Lipinski definition) is 0. The van der Waals surface area contributed by atoms with Gasteiger partial charge in [0.1, 0.15) is 5.69 Å². The Morgan fingerprint density at radius 2 is 2.22 bits per heavy atom. The molecule has 0 spiro atoms. The minimum atomic E-state index is -0.566. The average Bonchev–Trinajstić information content (AvgIpc) is 2.72. The normalized spacial score (nSPS) is 10.0. The Kier molecular flexibility index (Phi) is 3.16. The second kappa shape index (κ2) is 4.76. The van der Waals surface area contributed by atoms with E-state index in [0.29, 0.717) is 17.2 Å². The molecule has 90 valence electrons. The van der Waals surface area contributed by atoms with Crippen molar-refractivity contribution < 1.29 is 14.3 Å². The number of ether oxygens (including phenoxy) is 1. The number of rotatable bonds is 3. The molecule has 0 aliphatic rings. The molecule has 0 unspecified atom stereocenters. The van der Waals surface area contributed by atoms with Gasteiger partial charge >= 0.3 is 5.97 Å². The van der Waals surface area contributed by atoms with Crippen LogP contribution < -0.4 is 0 Å². The topological polar surface area (TPSA) is 48.3 Å². The van der Waals surface area contributed by atoms with Crippen LogP contribution in [0.15, 0.2) is 24.3 Å². The minimum absolute atomic E-state index is 0.201. The van der Waals surface area contributed by atoms with E-state index in [9.17, 15) is 9.59 Å². The summed E-state index contributed by atoms with van der Waals surface area (Å²) in [4.78, 5) is 23.0. The first kappa shape index (κ1) is 11.9. The molecule has 4 heteroatoms. The Hall–Kier alpha value is -2.54. The molecule has 0 aliphatic carbocycles. The maximum absolute atomic E-state index is 11.8. The molecule has 0 bridgehead atoms.